The molecule has 0 aliphatic rings. The van der Waals surface area contributed by atoms with Crippen LogP contribution in [0.15, 0.2) is 64.9 Å². The standard InChI is InChI=1S/C20H22N4OS/c1-15(2)19-22-23-20(26-3)24(19)21-13-16-9-11-18(12-10-16)25-14-17-7-5-4-6-8-17/h4-13,15H,14H2,1-3H3/b21-13-. The van der Waals surface area contributed by atoms with Crippen LogP contribution in [0.3, 0.4) is 0 Å². The SMILES string of the molecule is CSc1nnc(C(C)C)n1/N=C\c1ccc(OCc2ccccc2)cc1. The Balaban J connectivity index is 1.68. The summed E-state index contributed by atoms with van der Waals surface area (Å²) in [6.07, 6.45) is 3.79. The van der Waals surface area contributed by atoms with Gasteiger partial charge in [0.2, 0.25) is 5.16 Å². The Bertz CT molecular complexity index is 857. The van der Waals surface area contributed by atoms with Gasteiger partial charge in [0.05, 0.1) is 6.21 Å². The molecule has 5 nitrogen and oxygen atoms in total. The predicted octanol–water partition coefficient (Wildman–Crippen LogP) is 4.58. The highest BCUT2D eigenvalue weighted by atomic mass is 32.2. The van der Waals surface area contributed by atoms with Crippen molar-refractivity contribution in [2.45, 2.75) is 31.5 Å². The fourth-order valence-corrected chi connectivity index (χ4v) is 2.82. The Morgan fingerprint density at radius 3 is 2.46 bits per heavy atom. The highest BCUT2D eigenvalue weighted by Gasteiger charge is 2.13. The predicted molar refractivity (Wildman–Crippen MR) is 106 cm³/mol. The van der Waals surface area contributed by atoms with Gasteiger partial charge in [-0.15, -0.1) is 10.2 Å². The first-order chi connectivity index (χ1) is 12.7. The van der Waals surface area contributed by atoms with Crippen LogP contribution in [0.5, 0.6) is 5.75 Å². The fourth-order valence-electron chi connectivity index (χ4n) is 2.39. The summed E-state index contributed by atoms with van der Waals surface area (Å²) in [6, 6.07) is 18.0. The summed E-state index contributed by atoms with van der Waals surface area (Å²) in [7, 11) is 0. The molecule has 0 aliphatic carbocycles. The summed E-state index contributed by atoms with van der Waals surface area (Å²) in [5, 5.41) is 13.7. The van der Waals surface area contributed by atoms with E-state index in [1.165, 1.54) is 11.8 Å². The maximum Gasteiger partial charge on any atom is 0.211 e. The number of hydrogen-bond acceptors (Lipinski definition) is 5. The number of benzene rings is 2. The van der Waals surface area contributed by atoms with E-state index in [0.717, 1.165) is 27.9 Å². The number of thioether (sulfide) groups is 1. The molecule has 2 aromatic carbocycles. The molecule has 0 bridgehead atoms. The summed E-state index contributed by atoms with van der Waals surface area (Å²) in [6.45, 7) is 4.72. The molecule has 0 unspecified atom stereocenters. The molecular formula is C20H22N4OS. The molecule has 3 rings (SSSR count). The minimum absolute atomic E-state index is 0.259. The smallest absolute Gasteiger partial charge is 0.211 e. The van der Waals surface area contributed by atoms with Gasteiger partial charge in [-0.3, -0.25) is 0 Å². The summed E-state index contributed by atoms with van der Waals surface area (Å²) >= 11 is 1.53. The molecule has 0 fully saturated rings. The van der Waals surface area contributed by atoms with Crippen molar-refractivity contribution >= 4 is 18.0 Å². The van der Waals surface area contributed by atoms with E-state index < -0.39 is 0 Å². The largest absolute Gasteiger partial charge is 0.489 e. The van der Waals surface area contributed by atoms with Gasteiger partial charge < -0.3 is 4.74 Å². The Hall–Kier alpha value is -2.60. The van der Waals surface area contributed by atoms with Gasteiger partial charge in [-0.1, -0.05) is 55.9 Å². The average Bonchev–Trinajstić information content (AvgIpc) is 3.09. The van der Waals surface area contributed by atoms with Crippen molar-refractivity contribution in [3.63, 3.8) is 0 Å². The monoisotopic (exact) mass is 366 g/mol. The van der Waals surface area contributed by atoms with Crippen molar-refractivity contribution in [2.24, 2.45) is 5.10 Å². The molecule has 26 heavy (non-hydrogen) atoms. The zero-order chi connectivity index (χ0) is 18.4. The maximum absolute atomic E-state index is 5.81. The fraction of sp³-hybridized carbons (Fsp3) is 0.250. The first-order valence-corrected chi connectivity index (χ1v) is 9.70. The number of rotatable bonds is 7. The lowest BCUT2D eigenvalue weighted by atomic mass is 10.2. The lowest BCUT2D eigenvalue weighted by molar-refractivity contribution is 0.306. The van der Waals surface area contributed by atoms with Crippen LogP contribution in [0.4, 0.5) is 0 Å². The van der Waals surface area contributed by atoms with Crippen LogP contribution in [-0.4, -0.2) is 27.3 Å². The molecule has 134 valence electrons. The molecule has 0 saturated carbocycles. The van der Waals surface area contributed by atoms with E-state index in [-0.39, 0.29) is 5.92 Å². The molecule has 0 atom stereocenters. The lowest BCUT2D eigenvalue weighted by Crippen LogP contribution is -2.02. The van der Waals surface area contributed by atoms with Crippen molar-refractivity contribution < 1.29 is 4.74 Å². The van der Waals surface area contributed by atoms with Gasteiger partial charge in [0.15, 0.2) is 5.82 Å². The van der Waals surface area contributed by atoms with Crippen LogP contribution < -0.4 is 4.74 Å². The topological polar surface area (TPSA) is 52.3 Å². The highest BCUT2D eigenvalue weighted by molar-refractivity contribution is 7.98. The number of nitrogens with zero attached hydrogens (tertiary/aromatic N) is 4. The number of ether oxygens (including phenoxy) is 1. The third kappa shape index (κ3) is 4.52. The van der Waals surface area contributed by atoms with Crippen molar-refractivity contribution in [1.82, 2.24) is 14.9 Å². The van der Waals surface area contributed by atoms with Crippen molar-refractivity contribution in [1.29, 1.82) is 0 Å². The second-order valence-electron chi connectivity index (χ2n) is 6.10. The Morgan fingerprint density at radius 2 is 1.81 bits per heavy atom. The van der Waals surface area contributed by atoms with Crippen LogP contribution in [0.1, 0.15) is 36.7 Å². The van der Waals surface area contributed by atoms with Gasteiger partial charge in [0, 0.05) is 5.92 Å². The molecule has 0 saturated heterocycles. The van der Waals surface area contributed by atoms with Crippen LogP contribution in [0, 0.1) is 0 Å². The third-order valence-electron chi connectivity index (χ3n) is 3.79. The molecule has 0 N–H and O–H groups in total. The van der Waals surface area contributed by atoms with E-state index in [1.54, 1.807) is 4.68 Å². The Kier molecular flexibility index (Phi) is 6.07. The van der Waals surface area contributed by atoms with E-state index in [1.807, 2.05) is 54.9 Å². The normalized spacial score (nSPS) is 11.4. The van der Waals surface area contributed by atoms with Crippen LogP contribution >= 0.6 is 11.8 Å². The van der Waals surface area contributed by atoms with E-state index in [0.29, 0.717) is 6.61 Å². The first-order valence-electron chi connectivity index (χ1n) is 8.48. The maximum atomic E-state index is 5.81. The van der Waals surface area contributed by atoms with E-state index in [9.17, 15) is 0 Å². The molecular weight excluding hydrogens is 344 g/mol. The van der Waals surface area contributed by atoms with E-state index in [2.05, 4.69) is 41.3 Å². The quantitative estimate of drug-likeness (QED) is 0.453. The van der Waals surface area contributed by atoms with Gasteiger partial charge in [-0.2, -0.15) is 9.78 Å². The Labute approximate surface area is 158 Å². The number of aromatic nitrogens is 3. The molecule has 0 amide bonds. The molecule has 6 heteroatoms. The van der Waals surface area contributed by atoms with Crippen molar-refractivity contribution in [2.75, 3.05) is 6.26 Å². The second kappa shape index (κ2) is 8.67. The second-order valence-corrected chi connectivity index (χ2v) is 6.87. The Morgan fingerprint density at radius 1 is 1.08 bits per heavy atom. The molecule has 0 aliphatic heterocycles. The molecule has 0 spiro atoms. The summed E-state index contributed by atoms with van der Waals surface area (Å²) in [5.74, 6) is 1.95. The molecule has 1 aromatic heterocycles. The highest BCUT2D eigenvalue weighted by Crippen LogP contribution is 2.19. The molecule has 3 aromatic rings. The average molecular weight is 366 g/mol. The summed E-state index contributed by atoms with van der Waals surface area (Å²) in [5.41, 5.74) is 2.14. The van der Waals surface area contributed by atoms with Crippen LogP contribution in [-0.2, 0) is 6.61 Å². The van der Waals surface area contributed by atoms with Gasteiger partial charge >= 0.3 is 0 Å². The molecule has 1 heterocycles. The van der Waals surface area contributed by atoms with Crippen LogP contribution in [0.25, 0.3) is 0 Å². The minimum Gasteiger partial charge on any atom is -0.489 e. The van der Waals surface area contributed by atoms with E-state index >= 15 is 0 Å². The lowest BCUT2D eigenvalue weighted by Gasteiger charge is -2.07. The van der Waals surface area contributed by atoms with Crippen LogP contribution in [0.2, 0.25) is 0 Å². The number of hydrogen-bond donors (Lipinski definition) is 0. The van der Waals surface area contributed by atoms with Gasteiger partial charge in [0.25, 0.3) is 0 Å². The zero-order valence-electron chi connectivity index (χ0n) is 15.2. The summed E-state index contributed by atoms with van der Waals surface area (Å²) < 4.78 is 7.61. The van der Waals surface area contributed by atoms with Crippen molar-refractivity contribution in [3.8, 4) is 5.75 Å². The third-order valence-corrected chi connectivity index (χ3v) is 4.41. The van der Waals surface area contributed by atoms with Gasteiger partial charge in [-0.25, -0.2) is 0 Å². The van der Waals surface area contributed by atoms with Gasteiger partial charge in [0.1, 0.15) is 12.4 Å². The zero-order valence-corrected chi connectivity index (χ0v) is 16.0. The van der Waals surface area contributed by atoms with Crippen molar-refractivity contribution in [3.05, 3.63) is 71.5 Å². The minimum atomic E-state index is 0.259. The molecule has 0 radical (unpaired) electrons. The van der Waals surface area contributed by atoms with Gasteiger partial charge in [-0.05, 0) is 41.6 Å². The van der Waals surface area contributed by atoms with E-state index in [4.69, 9.17) is 4.74 Å². The first kappa shape index (κ1) is 18.2. The summed E-state index contributed by atoms with van der Waals surface area (Å²) in [4.78, 5) is 0.